The van der Waals surface area contributed by atoms with Crippen molar-refractivity contribution < 1.29 is 14.7 Å². The summed E-state index contributed by atoms with van der Waals surface area (Å²) in [6.45, 7) is 1.75. The summed E-state index contributed by atoms with van der Waals surface area (Å²) >= 11 is 3.36. The predicted molar refractivity (Wildman–Crippen MR) is 74.9 cm³/mol. The average molecular weight is 326 g/mol. The number of amides is 1. The van der Waals surface area contributed by atoms with E-state index in [-0.39, 0.29) is 5.91 Å². The zero-order chi connectivity index (χ0) is 14.0. The lowest BCUT2D eigenvalue weighted by Crippen LogP contribution is -2.45. The third kappa shape index (κ3) is 2.81. The van der Waals surface area contributed by atoms with Crippen LogP contribution in [0.3, 0.4) is 0 Å². The highest BCUT2D eigenvalue weighted by atomic mass is 79.9. The molecule has 1 atom stereocenters. The number of carboxylic acids is 1. The number of carboxylic acid groups (broad SMARTS) is 1. The fourth-order valence-corrected chi connectivity index (χ4v) is 2.44. The molecule has 1 aromatic carbocycles. The van der Waals surface area contributed by atoms with Gasteiger partial charge in [-0.15, -0.1) is 0 Å². The maximum Gasteiger partial charge on any atom is 0.326 e. The van der Waals surface area contributed by atoms with Gasteiger partial charge in [-0.05, 0) is 37.0 Å². The van der Waals surface area contributed by atoms with Crippen molar-refractivity contribution in [2.24, 2.45) is 0 Å². The van der Waals surface area contributed by atoms with Gasteiger partial charge in [-0.3, -0.25) is 4.79 Å². The number of aliphatic carboxylic acids is 1. The first-order valence-electron chi connectivity index (χ1n) is 6.29. The van der Waals surface area contributed by atoms with Crippen LogP contribution < -0.4 is 5.32 Å². The minimum Gasteiger partial charge on any atom is -0.480 e. The van der Waals surface area contributed by atoms with E-state index >= 15 is 0 Å². The first-order chi connectivity index (χ1) is 8.99. The van der Waals surface area contributed by atoms with Crippen LogP contribution in [0.4, 0.5) is 0 Å². The van der Waals surface area contributed by atoms with Crippen molar-refractivity contribution in [2.75, 3.05) is 0 Å². The smallest absolute Gasteiger partial charge is 0.326 e. The Morgan fingerprint density at radius 1 is 1.37 bits per heavy atom. The van der Waals surface area contributed by atoms with Gasteiger partial charge in [0.15, 0.2) is 0 Å². The van der Waals surface area contributed by atoms with Crippen LogP contribution in [-0.2, 0) is 15.0 Å². The Morgan fingerprint density at radius 3 is 2.37 bits per heavy atom. The number of carbonyl (C=O) groups is 2. The Hall–Kier alpha value is -1.36. The molecule has 1 unspecified atom stereocenters. The number of nitrogens with one attached hydrogen (secondary N) is 1. The Morgan fingerprint density at radius 2 is 1.95 bits per heavy atom. The fourth-order valence-electron chi connectivity index (χ4n) is 2.18. The molecule has 4 nitrogen and oxygen atoms in total. The second-order valence-electron chi connectivity index (χ2n) is 4.86. The molecular formula is C14H16BrNO3. The molecule has 0 aromatic heterocycles. The zero-order valence-electron chi connectivity index (χ0n) is 10.6. The monoisotopic (exact) mass is 325 g/mol. The predicted octanol–water partition coefficient (Wildman–Crippen LogP) is 2.46. The summed E-state index contributed by atoms with van der Waals surface area (Å²) < 4.78 is 0.962. The van der Waals surface area contributed by atoms with E-state index in [0.29, 0.717) is 6.42 Å². The lowest BCUT2D eigenvalue weighted by atomic mass is 9.94. The van der Waals surface area contributed by atoms with Gasteiger partial charge in [-0.25, -0.2) is 4.79 Å². The Labute approximate surface area is 120 Å². The molecule has 1 aliphatic carbocycles. The maximum absolute atomic E-state index is 12.3. The maximum atomic E-state index is 12.3. The van der Waals surface area contributed by atoms with Gasteiger partial charge in [0.1, 0.15) is 6.04 Å². The summed E-state index contributed by atoms with van der Waals surface area (Å²) in [5.74, 6) is -1.16. The van der Waals surface area contributed by atoms with E-state index in [1.54, 1.807) is 6.92 Å². The van der Waals surface area contributed by atoms with Crippen LogP contribution in [0.15, 0.2) is 28.7 Å². The molecule has 5 heteroatoms. The quantitative estimate of drug-likeness (QED) is 0.873. The molecule has 19 heavy (non-hydrogen) atoms. The lowest BCUT2D eigenvalue weighted by Gasteiger charge is -2.19. The Kier molecular flexibility index (Phi) is 3.94. The Bertz CT molecular complexity index is 494. The molecule has 0 aliphatic heterocycles. The van der Waals surface area contributed by atoms with Crippen molar-refractivity contribution in [1.29, 1.82) is 0 Å². The second-order valence-corrected chi connectivity index (χ2v) is 5.78. The van der Waals surface area contributed by atoms with E-state index in [4.69, 9.17) is 5.11 Å². The summed E-state index contributed by atoms with van der Waals surface area (Å²) in [4.78, 5) is 23.3. The minimum atomic E-state index is -0.984. The molecule has 2 rings (SSSR count). The van der Waals surface area contributed by atoms with Gasteiger partial charge < -0.3 is 10.4 Å². The normalized spacial score (nSPS) is 17.6. The summed E-state index contributed by atoms with van der Waals surface area (Å²) in [7, 11) is 0. The van der Waals surface area contributed by atoms with Crippen LogP contribution in [0.5, 0.6) is 0 Å². The van der Waals surface area contributed by atoms with E-state index < -0.39 is 17.4 Å². The summed E-state index contributed by atoms with van der Waals surface area (Å²) in [5.41, 5.74) is 0.428. The standard InChI is InChI=1S/C14H16BrNO3/c1-2-11(12(17)18)16-13(19)14(7-8-14)9-3-5-10(15)6-4-9/h3-6,11H,2,7-8H2,1H3,(H,16,19)(H,17,18). The van der Waals surface area contributed by atoms with E-state index in [1.807, 2.05) is 24.3 Å². The molecule has 0 heterocycles. The second kappa shape index (κ2) is 5.33. The van der Waals surface area contributed by atoms with Crippen molar-refractivity contribution in [3.05, 3.63) is 34.3 Å². The van der Waals surface area contributed by atoms with Gasteiger partial charge in [0.25, 0.3) is 0 Å². The van der Waals surface area contributed by atoms with E-state index in [9.17, 15) is 9.59 Å². The molecule has 2 N–H and O–H groups in total. The summed E-state index contributed by atoms with van der Waals surface area (Å²) in [6.07, 6.45) is 1.94. The highest BCUT2D eigenvalue weighted by Crippen LogP contribution is 2.48. The van der Waals surface area contributed by atoms with Crippen molar-refractivity contribution in [3.63, 3.8) is 0 Å². The number of carbonyl (C=O) groups excluding carboxylic acids is 1. The van der Waals surface area contributed by atoms with Crippen molar-refractivity contribution >= 4 is 27.8 Å². The first-order valence-corrected chi connectivity index (χ1v) is 7.09. The third-order valence-electron chi connectivity index (χ3n) is 3.59. The third-order valence-corrected chi connectivity index (χ3v) is 4.12. The molecule has 1 amide bonds. The van der Waals surface area contributed by atoms with Crippen LogP contribution >= 0.6 is 15.9 Å². The number of hydrogen-bond acceptors (Lipinski definition) is 2. The Balaban J connectivity index is 2.14. The van der Waals surface area contributed by atoms with Crippen LogP contribution in [0.2, 0.25) is 0 Å². The molecule has 0 radical (unpaired) electrons. The topological polar surface area (TPSA) is 66.4 Å². The van der Waals surface area contributed by atoms with E-state index in [1.165, 1.54) is 0 Å². The van der Waals surface area contributed by atoms with Gasteiger partial charge in [0.05, 0.1) is 5.41 Å². The van der Waals surface area contributed by atoms with Crippen molar-refractivity contribution in [3.8, 4) is 0 Å². The molecule has 102 valence electrons. The zero-order valence-corrected chi connectivity index (χ0v) is 12.2. The molecule has 1 fully saturated rings. The molecule has 1 aliphatic rings. The molecule has 1 saturated carbocycles. The minimum absolute atomic E-state index is 0.177. The first kappa shape index (κ1) is 14.1. The van der Waals surface area contributed by atoms with Gasteiger partial charge in [-0.1, -0.05) is 35.0 Å². The van der Waals surface area contributed by atoms with E-state index in [0.717, 1.165) is 22.9 Å². The number of benzene rings is 1. The number of rotatable bonds is 5. The van der Waals surface area contributed by atoms with Crippen LogP contribution in [0, 0.1) is 0 Å². The molecule has 0 bridgehead atoms. The van der Waals surface area contributed by atoms with Crippen LogP contribution in [0.1, 0.15) is 31.7 Å². The summed E-state index contributed by atoms with van der Waals surface area (Å²) in [6, 6.07) is 6.82. The highest BCUT2D eigenvalue weighted by molar-refractivity contribution is 9.10. The lowest BCUT2D eigenvalue weighted by molar-refractivity contribution is -0.142. The van der Waals surface area contributed by atoms with Crippen molar-refractivity contribution in [2.45, 2.75) is 37.6 Å². The average Bonchev–Trinajstić information content (AvgIpc) is 3.17. The van der Waals surface area contributed by atoms with Crippen LogP contribution in [-0.4, -0.2) is 23.0 Å². The molecule has 0 saturated heterocycles. The van der Waals surface area contributed by atoms with Crippen molar-refractivity contribution in [1.82, 2.24) is 5.32 Å². The van der Waals surface area contributed by atoms with Gasteiger partial charge in [0, 0.05) is 4.47 Å². The SMILES string of the molecule is CCC(NC(=O)C1(c2ccc(Br)cc2)CC1)C(=O)O. The largest absolute Gasteiger partial charge is 0.480 e. The number of hydrogen-bond donors (Lipinski definition) is 2. The van der Waals surface area contributed by atoms with Crippen LogP contribution in [0.25, 0.3) is 0 Å². The van der Waals surface area contributed by atoms with Gasteiger partial charge in [-0.2, -0.15) is 0 Å². The molecule has 0 spiro atoms. The van der Waals surface area contributed by atoms with E-state index in [2.05, 4.69) is 21.2 Å². The van der Waals surface area contributed by atoms with Gasteiger partial charge in [0.2, 0.25) is 5.91 Å². The molecular weight excluding hydrogens is 310 g/mol. The number of halogens is 1. The highest BCUT2D eigenvalue weighted by Gasteiger charge is 2.51. The summed E-state index contributed by atoms with van der Waals surface area (Å²) in [5, 5.41) is 11.6. The van der Waals surface area contributed by atoms with Gasteiger partial charge >= 0.3 is 5.97 Å². The fraction of sp³-hybridized carbons (Fsp3) is 0.429. The molecule has 1 aromatic rings.